The van der Waals surface area contributed by atoms with Crippen LogP contribution in [0.3, 0.4) is 0 Å². The number of nitrogens with zero attached hydrogens (tertiary/aromatic N) is 1. The number of hydrogen-bond acceptors (Lipinski definition) is 3. The van der Waals surface area contributed by atoms with Gasteiger partial charge in [0.25, 0.3) is 5.91 Å². The van der Waals surface area contributed by atoms with Gasteiger partial charge in [-0.3, -0.25) is 9.59 Å². The van der Waals surface area contributed by atoms with Gasteiger partial charge in [-0.15, -0.1) is 0 Å². The molecule has 1 aliphatic carbocycles. The third kappa shape index (κ3) is 4.17. The number of ether oxygens (including phenoxy) is 1. The second-order valence-electron chi connectivity index (χ2n) is 8.60. The molecule has 0 spiro atoms. The highest BCUT2D eigenvalue weighted by atomic mass is 16.5. The number of rotatable bonds is 6. The topological polar surface area (TPSA) is 72.4 Å². The highest BCUT2D eigenvalue weighted by Crippen LogP contribution is 2.28. The van der Waals surface area contributed by atoms with Crippen molar-refractivity contribution in [2.24, 2.45) is 5.92 Å². The lowest BCUT2D eigenvalue weighted by Crippen LogP contribution is -2.40. The van der Waals surface area contributed by atoms with Gasteiger partial charge in [-0.25, -0.2) is 0 Å². The first-order chi connectivity index (χ1) is 14.0. The van der Waals surface area contributed by atoms with Crippen molar-refractivity contribution in [3.8, 4) is 0 Å². The molecule has 0 unspecified atom stereocenters. The Morgan fingerprint density at radius 3 is 2.69 bits per heavy atom. The fraction of sp³-hybridized carbons (Fsp3) is 0.565. The van der Waals surface area contributed by atoms with Crippen LogP contribution in [0.25, 0.3) is 10.9 Å². The Kier molecular flexibility index (Phi) is 5.63. The van der Waals surface area contributed by atoms with Crippen molar-refractivity contribution >= 4 is 28.4 Å². The largest absolute Gasteiger partial charge is 0.373 e. The van der Waals surface area contributed by atoms with E-state index >= 15 is 0 Å². The second kappa shape index (κ2) is 8.19. The molecular formula is C23H31N3O3. The fourth-order valence-electron chi connectivity index (χ4n) is 4.64. The number of hydrogen-bond donors (Lipinski definition) is 2. The summed E-state index contributed by atoms with van der Waals surface area (Å²) in [7, 11) is 0. The summed E-state index contributed by atoms with van der Waals surface area (Å²) < 4.78 is 7.79. The zero-order valence-corrected chi connectivity index (χ0v) is 17.4. The Labute approximate surface area is 172 Å². The molecule has 1 aliphatic heterocycles. The standard InChI is InChI=1S/C23H31N3O3/c1-3-26-19-10-9-18(25-21(27)16-7-4-5-8-16)13-17(19)14-20(26)22(28)24-15-23(2)11-6-12-29-23/h9-10,13-14,16H,3-8,11-12,15H2,1-2H3,(H,24,28)(H,25,27)/t23-/m0/s1. The van der Waals surface area contributed by atoms with Crippen molar-refractivity contribution in [3.05, 3.63) is 30.0 Å². The van der Waals surface area contributed by atoms with E-state index in [0.717, 1.165) is 61.7 Å². The molecular weight excluding hydrogens is 366 g/mol. The summed E-state index contributed by atoms with van der Waals surface area (Å²) in [4.78, 5) is 25.3. The predicted octanol–water partition coefficient (Wildman–Crippen LogP) is 4.09. The third-order valence-corrected chi connectivity index (χ3v) is 6.37. The fourth-order valence-corrected chi connectivity index (χ4v) is 4.64. The van der Waals surface area contributed by atoms with Crippen molar-refractivity contribution in [2.45, 2.75) is 64.5 Å². The molecule has 6 nitrogen and oxygen atoms in total. The lowest BCUT2D eigenvalue weighted by atomic mass is 10.0. The minimum Gasteiger partial charge on any atom is -0.373 e. The predicted molar refractivity (Wildman–Crippen MR) is 114 cm³/mol. The zero-order chi connectivity index (χ0) is 20.4. The van der Waals surface area contributed by atoms with Gasteiger partial charge < -0.3 is 19.9 Å². The molecule has 156 valence electrons. The van der Waals surface area contributed by atoms with Gasteiger partial charge in [-0.1, -0.05) is 12.8 Å². The smallest absolute Gasteiger partial charge is 0.268 e. The maximum Gasteiger partial charge on any atom is 0.268 e. The number of aryl methyl sites for hydroxylation is 1. The van der Waals surface area contributed by atoms with Crippen molar-refractivity contribution < 1.29 is 14.3 Å². The number of anilines is 1. The van der Waals surface area contributed by atoms with Gasteiger partial charge in [-0.05, 0) is 63.8 Å². The van der Waals surface area contributed by atoms with Crippen molar-refractivity contribution in [1.82, 2.24) is 9.88 Å². The van der Waals surface area contributed by atoms with Crippen LogP contribution in [-0.4, -0.2) is 35.1 Å². The number of carbonyl (C=O) groups is 2. The monoisotopic (exact) mass is 397 g/mol. The first-order valence-corrected chi connectivity index (χ1v) is 10.9. The van der Waals surface area contributed by atoms with Crippen LogP contribution in [0.15, 0.2) is 24.3 Å². The average Bonchev–Trinajstić information content (AvgIpc) is 3.45. The maximum atomic E-state index is 12.9. The van der Waals surface area contributed by atoms with Gasteiger partial charge in [0, 0.05) is 42.2 Å². The van der Waals surface area contributed by atoms with E-state index in [1.165, 1.54) is 0 Å². The van der Waals surface area contributed by atoms with E-state index in [1.54, 1.807) is 0 Å². The molecule has 1 aromatic carbocycles. The molecule has 2 aromatic rings. The molecule has 1 aromatic heterocycles. The normalized spacial score (nSPS) is 22.3. The summed E-state index contributed by atoms with van der Waals surface area (Å²) in [6.45, 7) is 6.06. The summed E-state index contributed by atoms with van der Waals surface area (Å²) in [6.07, 6.45) is 6.24. The third-order valence-electron chi connectivity index (χ3n) is 6.37. The van der Waals surface area contributed by atoms with Crippen molar-refractivity contribution in [2.75, 3.05) is 18.5 Å². The van der Waals surface area contributed by atoms with E-state index in [2.05, 4.69) is 17.6 Å². The summed E-state index contributed by atoms with van der Waals surface area (Å²) in [5, 5.41) is 7.06. The molecule has 2 aliphatic rings. The lowest BCUT2D eigenvalue weighted by molar-refractivity contribution is -0.119. The first kappa shape index (κ1) is 20.0. The molecule has 1 atom stereocenters. The lowest BCUT2D eigenvalue weighted by Gasteiger charge is -2.23. The summed E-state index contributed by atoms with van der Waals surface area (Å²) in [6, 6.07) is 7.79. The number of aromatic nitrogens is 1. The van der Waals surface area contributed by atoms with Crippen LogP contribution in [0.5, 0.6) is 0 Å². The van der Waals surface area contributed by atoms with Gasteiger partial charge in [0.2, 0.25) is 5.91 Å². The summed E-state index contributed by atoms with van der Waals surface area (Å²) in [5.74, 6) is 0.155. The van der Waals surface area contributed by atoms with E-state index in [1.807, 2.05) is 35.8 Å². The van der Waals surface area contributed by atoms with Gasteiger partial charge >= 0.3 is 0 Å². The molecule has 1 saturated heterocycles. The molecule has 6 heteroatoms. The van der Waals surface area contributed by atoms with Crippen LogP contribution in [0.1, 0.15) is 62.9 Å². The number of nitrogens with one attached hydrogen (secondary N) is 2. The Hall–Kier alpha value is -2.34. The van der Waals surface area contributed by atoms with E-state index in [0.29, 0.717) is 18.8 Å². The van der Waals surface area contributed by atoms with Crippen LogP contribution >= 0.6 is 0 Å². The van der Waals surface area contributed by atoms with E-state index < -0.39 is 0 Å². The molecule has 2 amide bonds. The molecule has 1 saturated carbocycles. The second-order valence-corrected chi connectivity index (χ2v) is 8.60. The summed E-state index contributed by atoms with van der Waals surface area (Å²) in [5.41, 5.74) is 2.17. The molecule has 0 bridgehead atoms. The van der Waals surface area contributed by atoms with Gasteiger partial charge in [0.15, 0.2) is 0 Å². The quantitative estimate of drug-likeness (QED) is 0.771. The van der Waals surface area contributed by atoms with Crippen LogP contribution < -0.4 is 10.6 Å². The molecule has 0 radical (unpaired) electrons. The summed E-state index contributed by atoms with van der Waals surface area (Å²) >= 11 is 0. The van der Waals surface area contributed by atoms with Gasteiger partial charge in [-0.2, -0.15) is 0 Å². The molecule has 29 heavy (non-hydrogen) atoms. The molecule has 2 fully saturated rings. The minimum atomic E-state index is -0.267. The van der Waals surface area contributed by atoms with Crippen LogP contribution in [0.2, 0.25) is 0 Å². The van der Waals surface area contributed by atoms with Gasteiger partial charge in [0.1, 0.15) is 5.69 Å². The van der Waals surface area contributed by atoms with Crippen LogP contribution in [0.4, 0.5) is 5.69 Å². The minimum absolute atomic E-state index is 0.0867. The Bertz CT molecular complexity index is 905. The van der Waals surface area contributed by atoms with E-state index in [4.69, 9.17) is 4.74 Å². The zero-order valence-electron chi connectivity index (χ0n) is 17.4. The number of fused-ring (bicyclic) bond motifs is 1. The number of benzene rings is 1. The highest BCUT2D eigenvalue weighted by Gasteiger charge is 2.30. The SMILES string of the molecule is CCn1c(C(=O)NC[C@]2(C)CCCO2)cc2cc(NC(=O)C3CCCC3)ccc21. The number of amides is 2. The maximum absolute atomic E-state index is 12.9. The molecule has 2 heterocycles. The molecule has 2 N–H and O–H groups in total. The Morgan fingerprint density at radius 2 is 2.00 bits per heavy atom. The molecule has 4 rings (SSSR count). The van der Waals surface area contributed by atoms with Crippen LogP contribution in [0, 0.1) is 5.92 Å². The average molecular weight is 398 g/mol. The highest BCUT2D eigenvalue weighted by molar-refractivity contribution is 6.01. The van der Waals surface area contributed by atoms with Gasteiger partial charge in [0.05, 0.1) is 5.60 Å². The number of carbonyl (C=O) groups excluding carboxylic acids is 2. The van der Waals surface area contributed by atoms with E-state index in [9.17, 15) is 9.59 Å². The Morgan fingerprint density at radius 1 is 1.21 bits per heavy atom. The van der Waals surface area contributed by atoms with Crippen molar-refractivity contribution in [3.63, 3.8) is 0 Å². The van der Waals surface area contributed by atoms with Crippen molar-refractivity contribution in [1.29, 1.82) is 0 Å². The van der Waals surface area contributed by atoms with E-state index in [-0.39, 0.29) is 23.3 Å². The van der Waals surface area contributed by atoms with Crippen LogP contribution in [-0.2, 0) is 16.1 Å². The Balaban J connectivity index is 1.51. The first-order valence-electron chi connectivity index (χ1n) is 10.9.